The number of benzene rings is 4. The highest BCUT2D eigenvalue weighted by atomic mass is 32.2. The number of ether oxygens (including phenoxy) is 1. The summed E-state index contributed by atoms with van der Waals surface area (Å²) in [6.45, 7) is 0. The molecule has 4 aromatic carbocycles. The molecule has 172 valence electrons. The minimum atomic E-state index is -0.0742. The van der Waals surface area contributed by atoms with E-state index in [1.165, 1.54) is 11.8 Å². The number of para-hydroxylation sites is 1. The summed E-state index contributed by atoms with van der Waals surface area (Å²) in [7, 11) is 3.65. The van der Waals surface area contributed by atoms with Gasteiger partial charge in [-0.15, -0.1) is 0 Å². The van der Waals surface area contributed by atoms with Gasteiger partial charge in [0.15, 0.2) is 5.17 Å². The summed E-state index contributed by atoms with van der Waals surface area (Å²) >= 11 is 3.01. The number of aliphatic imine (C=N–C) groups is 1. The minimum absolute atomic E-state index is 0.0742. The zero-order chi connectivity index (χ0) is 23.9. The standard InChI is InChI=1S/C28H21N3O2S2/c1-30-23-17-22(33-2)14-15-24(23)34-27(30)25-26(32)31(21-10-4-3-5-11-21)28(35-25)29-20-13-12-18-8-6-7-9-19(18)16-20/h3-17H,1-2H3. The lowest BCUT2D eigenvalue weighted by Crippen LogP contribution is -2.29. The summed E-state index contributed by atoms with van der Waals surface area (Å²) in [6.07, 6.45) is 0. The highest BCUT2D eigenvalue weighted by molar-refractivity contribution is 8.20. The largest absolute Gasteiger partial charge is 0.497 e. The van der Waals surface area contributed by atoms with Gasteiger partial charge in [0, 0.05) is 18.0 Å². The number of fused-ring (bicyclic) bond motifs is 2. The van der Waals surface area contributed by atoms with Gasteiger partial charge in [-0.1, -0.05) is 60.3 Å². The van der Waals surface area contributed by atoms with Crippen molar-refractivity contribution in [2.24, 2.45) is 4.99 Å². The van der Waals surface area contributed by atoms with Crippen molar-refractivity contribution in [3.05, 3.63) is 101 Å². The highest BCUT2D eigenvalue weighted by Crippen LogP contribution is 2.51. The van der Waals surface area contributed by atoms with Crippen LogP contribution in [0.15, 0.2) is 111 Å². The second kappa shape index (κ2) is 8.83. The summed E-state index contributed by atoms with van der Waals surface area (Å²) in [5.74, 6) is 0.715. The first kappa shape index (κ1) is 21.8. The van der Waals surface area contributed by atoms with Crippen molar-refractivity contribution in [1.82, 2.24) is 0 Å². The van der Waals surface area contributed by atoms with E-state index in [4.69, 9.17) is 9.73 Å². The lowest BCUT2D eigenvalue weighted by Gasteiger charge is -2.17. The molecular weight excluding hydrogens is 474 g/mol. The van der Waals surface area contributed by atoms with Crippen LogP contribution >= 0.6 is 23.5 Å². The molecule has 0 radical (unpaired) electrons. The van der Waals surface area contributed by atoms with Crippen molar-refractivity contribution in [3.63, 3.8) is 0 Å². The maximum atomic E-state index is 13.8. The smallest absolute Gasteiger partial charge is 0.274 e. The molecule has 5 nitrogen and oxygen atoms in total. The molecule has 0 saturated carbocycles. The Balaban J connectivity index is 1.45. The maximum absolute atomic E-state index is 13.8. The molecule has 0 N–H and O–H groups in total. The van der Waals surface area contributed by atoms with Gasteiger partial charge < -0.3 is 9.64 Å². The van der Waals surface area contributed by atoms with E-state index in [2.05, 4.69) is 29.2 Å². The van der Waals surface area contributed by atoms with E-state index < -0.39 is 0 Å². The SMILES string of the molecule is COc1ccc2c(c1)N(C)C(=C1SC(=Nc3ccc4ccccc4c3)N(c3ccccc3)C1=O)S2. The number of carbonyl (C=O) groups is 1. The number of hydrogen-bond acceptors (Lipinski definition) is 6. The van der Waals surface area contributed by atoms with Crippen molar-refractivity contribution >= 4 is 62.4 Å². The number of amidine groups is 1. The van der Waals surface area contributed by atoms with Crippen LogP contribution in [0.4, 0.5) is 17.1 Å². The minimum Gasteiger partial charge on any atom is -0.497 e. The molecule has 0 aliphatic carbocycles. The molecule has 0 atom stereocenters. The van der Waals surface area contributed by atoms with Gasteiger partial charge in [0.1, 0.15) is 10.7 Å². The monoisotopic (exact) mass is 495 g/mol. The Morgan fingerprint density at radius 1 is 0.829 bits per heavy atom. The predicted octanol–water partition coefficient (Wildman–Crippen LogP) is 7.03. The van der Waals surface area contributed by atoms with E-state index in [9.17, 15) is 4.79 Å². The number of amides is 1. The first-order valence-corrected chi connectivity index (χ1v) is 12.7. The molecule has 6 rings (SSSR count). The number of thioether (sulfide) groups is 2. The molecule has 2 aliphatic heterocycles. The number of carbonyl (C=O) groups excluding carboxylic acids is 1. The van der Waals surface area contributed by atoms with Crippen molar-refractivity contribution < 1.29 is 9.53 Å². The first-order valence-electron chi connectivity index (χ1n) is 11.1. The molecule has 2 aliphatic rings. The topological polar surface area (TPSA) is 45.1 Å². The summed E-state index contributed by atoms with van der Waals surface area (Å²) in [6, 6.07) is 30.0. The van der Waals surface area contributed by atoms with Crippen molar-refractivity contribution in [2.75, 3.05) is 24.0 Å². The third-order valence-electron chi connectivity index (χ3n) is 5.99. The van der Waals surface area contributed by atoms with Crippen LogP contribution in [0.1, 0.15) is 0 Å². The molecule has 0 bridgehead atoms. The molecule has 0 spiro atoms. The van der Waals surface area contributed by atoms with Crippen LogP contribution < -0.4 is 14.5 Å². The van der Waals surface area contributed by atoms with E-state index in [1.54, 1.807) is 23.8 Å². The van der Waals surface area contributed by atoms with Gasteiger partial charge in [0.2, 0.25) is 0 Å². The summed E-state index contributed by atoms with van der Waals surface area (Å²) in [4.78, 5) is 24.3. The van der Waals surface area contributed by atoms with Gasteiger partial charge >= 0.3 is 0 Å². The molecule has 35 heavy (non-hydrogen) atoms. The van der Waals surface area contributed by atoms with Crippen molar-refractivity contribution in [3.8, 4) is 5.75 Å². The maximum Gasteiger partial charge on any atom is 0.274 e. The van der Waals surface area contributed by atoms with Crippen LogP contribution in [0.25, 0.3) is 10.8 Å². The van der Waals surface area contributed by atoms with Gasteiger partial charge in [-0.05, 0) is 58.9 Å². The number of nitrogens with zero attached hydrogens (tertiary/aromatic N) is 3. The number of methoxy groups -OCH3 is 1. The second-order valence-electron chi connectivity index (χ2n) is 8.13. The molecule has 0 aromatic heterocycles. The molecule has 7 heteroatoms. The Kier molecular flexibility index (Phi) is 5.51. The summed E-state index contributed by atoms with van der Waals surface area (Å²) in [5, 5.41) is 3.81. The Morgan fingerprint density at radius 3 is 2.40 bits per heavy atom. The van der Waals surface area contributed by atoms with Crippen molar-refractivity contribution in [1.29, 1.82) is 0 Å². The average Bonchev–Trinajstić information content (AvgIpc) is 3.39. The Morgan fingerprint density at radius 2 is 1.60 bits per heavy atom. The number of rotatable bonds is 3. The third-order valence-corrected chi connectivity index (χ3v) is 8.38. The first-order chi connectivity index (χ1) is 17.1. The van der Waals surface area contributed by atoms with Gasteiger partial charge in [0.25, 0.3) is 5.91 Å². The van der Waals surface area contributed by atoms with E-state index in [0.29, 0.717) is 10.1 Å². The van der Waals surface area contributed by atoms with E-state index in [-0.39, 0.29) is 5.91 Å². The Hall–Kier alpha value is -3.68. The fraction of sp³-hybridized carbons (Fsp3) is 0.0714. The Bertz CT molecular complexity index is 1530. The number of hydrogen-bond donors (Lipinski definition) is 0. The van der Waals surface area contributed by atoms with Crippen LogP contribution in [0, 0.1) is 0 Å². The quantitative estimate of drug-likeness (QED) is 0.286. The molecule has 1 amide bonds. The van der Waals surface area contributed by atoms with Gasteiger partial charge in [-0.2, -0.15) is 0 Å². The fourth-order valence-electron chi connectivity index (χ4n) is 4.19. The van der Waals surface area contributed by atoms with Crippen LogP contribution in [0.5, 0.6) is 5.75 Å². The molecule has 1 fully saturated rings. The highest BCUT2D eigenvalue weighted by Gasteiger charge is 2.40. The van der Waals surface area contributed by atoms with Crippen LogP contribution in [0.2, 0.25) is 0 Å². The van der Waals surface area contributed by atoms with E-state index >= 15 is 0 Å². The molecule has 1 saturated heterocycles. The van der Waals surface area contributed by atoms with Gasteiger partial charge in [-0.3, -0.25) is 9.69 Å². The molecule has 0 unspecified atom stereocenters. The lowest BCUT2D eigenvalue weighted by atomic mass is 10.1. The summed E-state index contributed by atoms with van der Waals surface area (Å²) in [5.41, 5.74) is 2.63. The molecule has 4 aromatic rings. The third kappa shape index (κ3) is 3.87. The molecule has 2 heterocycles. The second-order valence-corrected chi connectivity index (χ2v) is 10.1. The Labute approximate surface area is 212 Å². The van der Waals surface area contributed by atoms with Crippen LogP contribution in [0.3, 0.4) is 0 Å². The zero-order valence-corrected chi connectivity index (χ0v) is 20.8. The predicted molar refractivity (Wildman–Crippen MR) is 147 cm³/mol. The summed E-state index contributed by atoms with van der Waals surface area (Å²) < 4.78 is 5.41. The fourth-order valence-corrected chi connectivity index (χ4v) is 6.52. The van der Waals surface area contributed by atoms with Gasteiger partial charge in [-0.25, -0.2) is 4.99 Å². The number of anilines is 2. The zero-order valence-electron chi connectivity index (χ0n) is 19.1. The van der Waals surface area contributed by atoms with E-state index in [0.717, 1.165) is 43.5 Å². The van der Waals surface area contributed by atoms with Gasteiger partial charge in [0.05, 0.1) is 29.2 Å². The lowest BCUT2D eigenvalue weighted by molar-refractivity contribution is -0.113. The van der Waals surface area contributed by atoms with Crippen molar-refractivity contribution in [2.45, 2.75) is 4.90 Å². The normalized spacial score (nSPS) is 18.6. The van der Waals surface area contributed by atoms with Crippen LogP contribution in [-0.2, 0) is 4.79 Å². The van der Waals surface area contributed by atoms with Crippen LogP contribution in [-0.4, -0.2) is 25.2 Å². The molecular formula is C28H21N3O2S2. The van der Waals surface area contributed by atoms with E-state index in [1.807, 2.05) is 73.8 Å². The average molecular weight is 496 g/mol.